The maximum absolute atomic E-state index is 10.9. The Bertz CT molecular complexity index is 407. The summed E-state index contributed by atoms with van der Waals surface area (Å²) in [6.45, 7) is 2.45. The second kappa shape index (κ2) is 6.47. The van der Waals surface area contributed by atoms with Gasteiger partial charge in [-0.1, -0.05) is 0 Å². The van der Waals surface area contributed by atoms with E-state index in [1.807, 2.05) is 0 Å². The minimum Gasteiger partial charge on any atom is -0.492 e. The van der Waals surface area contributed by atoms with E-state index < -0.39 is 5.91 Å². The van der Waals surface area contributed by atoms with Crippen LogP contribution < -0.4 is 15.8 Å². The highest BCUT2D eigenvalue weighted by Gasteiger charge is 2.02. The fourth-order valence-corrected chi connectivity index (χ4v) is 1.16. The highest BCUT2D eigenvalue weighted by atomic mass is 16.5. The molecule has 0 aromatic carbocycles. The first-order valence-corrected chi connectivity index (χ1v) is 5.21. The van der Waals surface area contributed by atoms with E-state index in [-0.39, 0.29) is 5.91 Å². The van der Waals surface area contributed by atoms with Crippen LogP contribution in [0.1, 0.15) is 23.7 Å². The lowest BCUT2D eigenvalue weighted by Crippen LogP contribution is -2.22. The third-order valence-electron chi connectivity index (χ3n) is 1.96. The van der Waals surface area contributed by atoms with Crippen LogP contribution >= 0.6 is 0 Å². The summed E-state index contributed by atoms with van der Waals surface area (Å²) in [4.78, 5) is 25.3. The second-order valence-electron chi connectivity index (χ2n) is 3.46. The van der Waals surface area contributed by atoms with E-state index in [2.05, 4.69) is 10.3 Å². The zero-order valence-corrected chi connectivity index (χ0v) is 9.60. The van der Waals surface area contributed by atoms with E-state index in [0.717, 1.165) is 0 Å². The van der Waals surface area contributed by atoms with Crippen LogP contribution in [0.15, 0.2) is 18.5 Å². The summed E-state index contributed by atoms with van der Waals surface area (Å²) in [7, 11) is 0. The molecular formula is C11H15N3O3. The molecule has 92 valence electrons. The van der Waals surface area contributed by atoms with E-state index in [9.17, 15) is 9.59 Å². The van der Waals surface area contributed by atoms with Crippen molar-refractivity contribution in [3.05, 3.63) is 24.0 Å². The highest BCUT2D eigenvalue weighted by molar-refractivity contribution is 5.92. The largest absolute Gasteiger partial charge is 0.492 e. The zero-order chi connectivity index (χ0) is 12.7. The van der Waals surface area contributed by atoms with E-state index in [1.54, 1.807) is 0 Å². The second-order valence-corrected chi connectivity index (χ2v) is 3.46. The molecule has 1 heterocycles. The van der Waals surface area contributed by atoms with Crippen molar-refractivity contribution in [1.29, 1.82) is 0 Å². The van der Waals surface area contributed by atoms with Gasteiger partial charge in [-0.2, -0.15) is 0 Å². The van der Waals surface area contributed by atoms with Crippen LogP contribution in [0.3, 0.4) is 0 Å². The van der Waals surface area contributed by atoms with Gasteiger partial charge in [0.25, 0.3) is 0 Å². The lowest BCUT2D eigenvalue weighted by molar-refractivity contribution is -0.118. The monoisotopic (exact) mass is 237 g/mol. The van der Waals surface area contributed by atoms with Gasteiger partial charge in [0.1, 0.15) is 5.75 Å². The fourth-order valence-electron chi connectivity index (χ4n) is 1.16. The van der Waals surface area contributed by atoms with Crippen LogP contribution in [0, 0.1) is 0 Å². The average Bonchev–Trinajstić information content (AvgIpc) is 2.28. The summed E-state index contributed by atoms with van der Waals surface area (Å²) in [5.41, 5.74) is 5.42. The molecule has 1 rings (SSSR count). The lowest BCUT2D eigenvalue weighted by Gasteiger charge is -2.06. The first-order valence-electron chi connectivity index (χ1n) is 5.21. The number of hydrogen-bond donors (Lipinski definition) is 2. The van der Waals surface area contributed by atoms with Gasteiger partial charge >= 0.3 is 0 Å². The molecular weight excluding hydrogens is 222 g/mol. The number of carbonyl (C=O) groups is 2. The summed E-state index contributed by atoms with van der Waals surface area (Å²) in [6.07, 6.45) is 3.57. The molecule has 0 radical (unpaired) electrons. The van der Waals surface area contributed by atoms with Gasteiger partial charge in [-0.3, -0.25) is 14.6 Å². The molecule has 0 saturated heterocycles. The molecule has 0 unspecified atom stereocenters. The summed E-state index contributed by atoms with van der Waals surface area (Å²) in [5, 5.41) is 2.65. The predicted octanol–water partition coefficient (Wildman–Crippen LogP) is 0.0855. The number of ether oxygens (including phenoxy) is 1. The van der Waals surface area contributed by atoms with Crippen molar-refractivity contribution in [2.45, 2.75) is 13.3 Å². The zero-order valence-electron chi connectivity index (χ0n) is 9.60. The molecule has 6 heteroatoms. The van der Waals surface area contributed by atoms with Gasteiger partial charge in [-0.25, -0.2) is 0 Å². The molecule has 1 aromatic rings. The number of nitrogens with zero attached hydrogens (tertiary/aromatic N) is 1. The van der Waals surface area contributed by atoms with Gasteiger partial charge < -0.3 is 15.8 Å². The number of hydrogen-bond acceptors (Lipinski definition) is 4. The van der Waals surface area contributed by atoms with Crippen molar-refractivity contribution >= 4 is 11.8 Å². The molecule has 0 saturated carbocycles. The number of primary amides is 1. The van der Waals surface area contributed by atoms with Gasteiger partial charge in [0.2, 0.25) is 11.8 Å². The van der Waals surface area contributed by atoms with Gasteiger partial charge in [-0.15, -0.1) is 0 Å². The predicted molar refractivity (Wildman–Crippen MR) is 61.6 cm³/mol. The molecule has 6 nitrogen and oxygen atoms in total. The lowest BCUT2D eigenvalue weighted by atomic mass is 10.3. The van der Waals surface area contributed by atoms with Gasteiger partial charge in [0.15, 0.2) is 0 Å². The van der Waals surface area contributed by atoms with Gasteiger partial charge in [0, 0.05) is 19.7 Å². The smallest absolute Gasteiger partial charge is 0.250 e. The number of pyridine rings is 1. The third-order valence-corrected chi connectivity index (χ3v) is 1.96. The van der Waals surface area contributed by atoms with Crippen molar-refractivity contribution in [2.24, 2.45) is 5.73 Å². The van der Waals surface area contributed by atoms with Crippen molar-refractivity contribution < 1.29 is 14.3 Å². The Hall–Kier alpha value is -2.11. The molecule has 0 aliphatic rings. The Labute approximate surface area is 99.2 Å². The summed E-state index contributed by atoms with van der Waals surface area (Å²) in [5.74, 6) is -0.118. The Kier molecular flexibility index (Phi) is 4.93. The molecule has 0 atom stereocenters. The van der Waals surface area contributed by atoms with Crippen LogP contribution in [-0.2, 0) is 4.79 Å². The van der Waals surface area contributed by atoms with Crippen molar-refractivity contribution in [3.8, 4) is 5.75 Å². The highest BCUT2D eigenvalue weighted by Crippen LogP contribution is 2.10. The van der Waals surface area contributed by atoms with E-state index >= 15 is 0 Å². The maximum atomic E-state index is 10.9. The van der Waals surface area contributed by atoms with Crippen LogP contribution in [-0.4, -0.2) is 29.9 Å². The van der Waals surface area contributed by atoms with Crippen LogP contribution in [0.25, 0.3) is 0 Å². The number of rotatable bonds is 6. The SMILES string of the molecule is CC(=O)NCCCOc1cncc(C(N)=O)c1. The first kappa shape index (κ1) is 13.0. The van der Waals surface area contributed by atoms with E-state index in [4.69, 9.17) is 10.5 Å². The van der Waals surface area contributed by atoms with E-state index in [0.29, 0.717) is 30.9 Å². The minimum atomic E-state index is -0.541. The molecule has 1 aromatic heterocycles. The fraction of sp³-hybridized carbons (Fsp3) is 0.364. The van der Waals surface area contributed by atoms with Crippen molar-refractivity contribution in [1.82, 2.24) is 10.3 Å². The maximum Gasteiger partial charge on any atom is 0.250 e. The van der Waals surface area contributed by atoms with Gasteiger partial charge in [0.05, 0.1) is 18.4 Å². The van der Waals surface area contributed by atoms with Crippen molar-refractivity contribution in [3.63, 3.8) is 0 Å². The molecule has 0 aliphatic heterocycles. The molecule has 17 heavy (non-hydrogen) atoms. The molecule has 3 N–H and O–H groups in total. The minimum absolute atomic E-state index is 0.0672. The Morgan fingerprint density at radius 3 is 2.88 bits per heavy atom. The molecule has 0 fully saturated rings. The first-order chi connectivity index (χ1) is 8.09. The van der Waals surface area contributed by atoms with Crippen LogP contribution in [0.5, 0.6) is 5.75 Å². The summed E-state index contributed by atoms with van der Waals surface area (Å²) < 4.78 is 5.36. The Morgan fingerprint density at radius 2 is 2.24 bits per heavy atom. The number of carbonyl (C=O) groups excluding carboxylic acids is 2. The number of aromatic nitrogens is 1. The van der Waals surface area contributed by atoms with Gasteiger partial charge in [-0.05, 0) is 12.5 Å². The molecule has 0 bridgehead atoms. The Morgan fingerprint density at radius 1 is 1.47 bits per heavy atom. The summed E-state index contributed by atoms with van der Waals surface area (Å²) in [6, 6.07) is 1.54. The standard InChI is InChI=1S/C11H15N3O3/c1-8(15)14-3-2-4-17-10-5-9(11(12)16)6-13-7-10/h5-7H,2-4H2,1H3,(H2,12,16)(H,14,15). The summed E-state index contributed by atoms with van der Waals surface area (Å²) >= 11 is 0. The third kappa shape index (κ3) is 4.96. The molecule has 2 amide bonds. The molecule has 0 aliphatic carbocycles. The van der Waals surface area contributed by atoms with Crippen LogP contribution in [0.4, 0.5) is 0 Å². The normalized spacial score (nSPS) is 9.71. The topological polar surface area (TPSA) is 94.3 Å². The number of nitrogens with two attached hydrogens (primary N) is 1. The van der Waals surface area contributed by atoms with Crippen LogP contribution in [0.2, 0.25) is 0 Å². The van der Waals surface area contributed by atoms with Crippen molar-refractivity contribution in [2.75, 3.05) is 13.2 Å². The Balaban J connectivity index is 2.34. The average molecular weight is 237 g/mol. The van der Waals surface area contributed by atoms with E-state index in [1.165, 1.54) is 25.4 Å². The quantitative estimate of drug-likeness (QED) is 0.685. The number of amides is 2. The molecule has 0 spiro atoms. The number of nitrogens with one attached hydrogen (secondary N) is 1.